The van der Waals surface area contributed by atoms with E-state index in [-0.39, 0.29) is 5.92 Å². The molecule has 0 spiro atoms. The number of anilines is 1. The van der Waals surface area contributed by atoms with E-state index in [1.54, 1.807) is 0 Å². The van der Waals surface area contributed by atoms with E-state index in [4.69, 9.17) is 9.97 Å². The molecule has 1 saturated carbocycles. The quantitative estimate of drug-likeness (QED) is 0.618. The molecule has 6 rings (SSSR count). The molecule has 3 aromatic rings. The van der Waals surface area contributed by atoms with E-state index in [2.05, 4.69) is 34.1 Å². The SMILES string of the molecule is Cc1nc(N2CCN(C(=O)[C@@H]3C[C@H]3c3ccccc3)CC2)c2c3c(sc2n1)CCCC3. The highest BCUT2D eigenvalue weighted by molar-refractivity contribution is 7.19. The van der Waals surface area contributed by atoms with Crippen LogP contribution in [0.15, 0.2) is 30.3 Å². The zero-order chi connectivity index (χ0) is 20.9. The lowest BCUT2D eigenvalue weighted by Gasteiger charge is -2.36. The molecule has 2 aromatic heterocycles. The zero-order valence-corrected chi connectivity index (χ0v) is 18.8. The lowest BCUT2D eigenvalue weighted by Crippen LogP contribution is -2.49. The van der Waals surface area contributed by atoms with Crippen LogP contribution in [0.4, 0.5) is 5.82 Å². The van der Waals surface area contributed by atoms with Crippen molar-refractivity contribution in [2.24, 2.45) is 5.92 Å². The lowest BCUT2D eigenvalue weighted by atomic mass is 9.97. The fourth-order valence-corrected chi connectivity index (χ4v) is 6.68. The molecule has 31 heavy (non-hydrogen) atoms. The minimum absolute atomic E-state index is 0.172. The van der Waals surface area contributed by atoms with Crippen LogP contribution in [0.2, 0.25) is 0 Å². The molecule has 0 N–H and O–H groups in total. The van der Waals surface area contributed by atoms with E-state index < -0.39 is 0 Å². The van der Waals surface area contributed by atoms with Crippen LogP contribution in [0.5, 0.6) is 0 Å². The molecule has 160 valence electrons. The Hall–Kier alpha value is -2.47. The molecule has 2 aliphatic carbocycles. The third-order valence-electron chi connectivity index (χ3n) is 7.13. The van der Waals surface area contributed by atoms with Gasteiger partial charge in [0, 0.05) is 37.0 Å². The van der Waals surface area contributed by atoms with Gasteiger partial charge >= 0.3 is 0 Å². The molecule has 6 heteroatoms. The van der Waals surface area contributed by atoms with E-state index in [0.717, 1.165) is 55.5 Å². The summed E-state index contributed by atoms with van der Waals surface area (Å²) in [5.74, 6) is 2.87. The first-order chi connectivity index (χ1) is 15.2. The lowest BCUT2D eigenvalue weighted by molar-refractivity contribution is -0.133. The zero-order valence-electron chi connectivity index (χ0n) is 18.0. The number of aryl methyl sites for hydroxylation is 3. The minimum Gasteiger partial charge on any atom is -0.352 e. The Morgan fingerprint density at radius 1 is 1.03 bits per heavy atom. The molecule has 0 bridgehead atoms. The number of aromatic nitrogens is 2. The first-order valence-electron chi connectivity index (χ1n) is 11.6. The number of amides is 1. The Morgan fingerprint density at radius 2 is 1.81 bits per heavy atom. The predicted molar refractivity (Wildman–Crippen MR) is 125 cm³/mol. The monoisotopic (exact) mass is 432 g/mol. The topological polar surface area (TPSA) is 49.3 Å². The van der Waals surface area contributed by atoms with Crippen molar-refractivity contribution in [3.63, 3.8) is 0 Å². The fraction of sp³-hybridized carbons (Fsp3) is 0.480. The van der Waals surface area contributed by atoms with Gasteiger partial charge in [0.1, 0.15) is 16.5 Å². The van der Waals surface area contributed by atoms with Crippen molar-refractivity contribution < 1.29 is 4.79 Å². The molecule has 1 saturated heterocycles. The minimum atomic E-state index is 0.172. The van der Waals surface area contributed by atoms with Gasteiger partial charge in [-0.2, -0.15) is 0 Å². The molecule has 3 heterocycles. The summed E-state index contributed by atoms with van der Waals surface area (Å²) in [6, 6.07) is 10.5. The predicted octanol–water partition coefficient (Wildman–Crippen LogP) is 4.33. The first-order valence-corrected chi connectivity index (χ1v) is 12.4. The average molecular weight is 433 g/mol. The van der Waals surface area contributed by atoms with Crippen molar-refractivity contribution in [1.29, 1.82) is 0 Å². The van der Waals surface area contributed by atoms with E-state index >= 15 is 0 Å². The second kappa shape index (κ2) is 7.59. The van der Waals surface area contributed by atoms with E-state index in [1.165, 1.54) is 40.7 Å². The molecule has 5 nitrogen and oxygen atoms in total. The highest BCUT2D eigenvalue weighted by Gasteiger charge is 2.46. The summed E-state index contributed by atoms with van der Waals surface area (Å²) >= 11 is 1.87. The van der Waals surface area contributed by atoms with Gasteiger partial charge in [-0.25, -0.2) is 9.97 Å². The summed E-state index contributed by atoms with van der Waals surface area (Å²) in [6.45, 7) is 5.27. The van der Waals surface area contributed by atoms with E-state index in [0.29, 0.717) is 11.8 Å². The smallest absolute Gasteiger partial charge is 0.226 e. The van der Waals surface area contributed by atoms with Gasteiger partial charge in [0.05, 0.1) is 5.39 Å². The molecule has 1 aromatic carbocycles. The molecular formula is C25H28N4OS. The van der Waals surface area contributed by atoms with Crippen LogP contribution in [0, 0.1) is 12.8 Å². The van der Waals surface area contributed by atoms with E-state index in [9.17, 15) is 4.79 Å². The molecule has 0 radical (unpaired) electrons. The van der Waals surface area contributed by atoms with Crippen LogP contribution < -0.4 is 4.90 Å². The number of hydrogen-bond donors (Lipinski definition) is 0. The Morgan fingerprint density at radius 3 is 2.61 bits per heavy atom. The van der Waals surface area contributed by atoms with Crippen LogP contribution in [-0.2, 0) is 17.6 Å². The van der Waals surface area contributed by atoms with Crippen molar-refractivity contribution >= 4 is 33.3 Å². The Labute approximate surface area is 187 Å². The fourth-order valence-electron chi connectivity index (χ4n) is 5.38. The standard InChI is InChI=1S/C25H28N4OS/c1-16-26-23(22-18-9-5-6-10-21(18)31-24(22)27-16)28-11-13-29(14-12-28)25(30)20-15-19(20)17-7-3-2-4-8-17/h2-4,7-8,19-20H,5-6,9-15H2,1H3/t19-,20+/m0/s1. The summed E-state index contributed by atoms with van der Waals surface area (Å²) in [4.78, 5) is 29.9. The number of carbonyl (C=O) groups is 1. The summed E-state index contributed by atoms with van der Waals surface area (Å²) in [6.07, 6.45) is 5.87. The number of rotatable bonds is 3. The summed E-state index contributed by atoms with van der Waals surface area (Å²) in [5.41, 5.74) is 2.80. The summed E-state index contributed by atoms with van der Waals surface area (Å²) < 4.78 is 0. The Bertz CT molecular complexity index is 1130. The second-order valence-electron chi connectivity index (χ2n) is 9.16. The van der Waals surface area contributed by atoms with Crippen LogP contribution in [0.25, 0.3) is 10.2 Å². The van der Waals surface area contributed by atoms with Crippen LogP contribution in [0.1, 0.15) is 47.0 Å². The third-order valence-corrected chi connectivity index (χ3v) is 8.32. The number of benzene rings is 1. The van der Waals surface area contributed by atoms with Crippen molar-refractivity contribution in [2.45, 2.75) is 44.9 Å². The second-order valence-corrected chi connectivity index (χ2v) is 10.2. The summed E-state index contributed by atoms with van der Waals surface area (Å²) in [7, 11) is 0. The van der Waals surface area contributed by atoms with Crippen LogP contribution in [0.3, 0.4) is 0 Å². The van der Waals surface area contributed by atoms with Gasteiger partial charge < -0.3 is 9.80 Å². The molecule has 1 aliphatic heterocycles. The molecule has 3 aliphatic rings. The normalized spacial score (nSPS) is 23.1. The van der Waals surface area contributed by atoms with Gasteiger partial charge in [-0.3, -0.25) is 4.79 Å². The third kappa shape index (κ3) is 3.41. The van der Waals surface area contributed by atoms with Gasteiger partial charge in [0.2, 0.25) is 5.91 Å². The molecule has 0 unspecified atom stereocenters. The Kier molecular flexibility index (Phi) is 4.71. The van der Waals surface area contributed by atoms with Crippen LogP contribution in [-0.4, -0.2) is 47.0 Å². The van der Waals surface area contributed by atoms with Crippen molar-refractivity contribution in [2.75, 3.05) is 31.1 Å². The molecule has 2 atom stereocenters. The maximum absolute atomic E-state index is 13.1. The maximum Gasteiger partial charge on any atom is 0.226 e. The first kappa shape index (κ1) is 19.2. The highest BCUT2D eigenvalue weighted by Crippen LogP contribution is 2.48. The molecule has 2 fully saturated rings. The van der Waals surface area contributed by atoms with Gasteiger partial charge in [0.25, 0.3) is 0 Å². The van der Waals surface area contributed by atoms with Crippen molar-refractivity contribution in [3.05, 3.63) is 52.2 Å². The van der Waals surface area contributed by atoms with Gasteiger partial charge in [-0.15, -0.1) is 11.3 Å². The number of hydrogen-bond acceptors (Lipinski definition) is 5. The highest BCUT2D eigenvalue weighted by atomic mass is 32.1. The number of piperazine rings is 1. The maximum atomic E-state index is 13.1. The van der Waals surface area contributed by atoms with Crippen molar-refractivity contribution in [1.82, 2.24) is 14.9 Å². The molecule has 1 amide bonds. The number of fused-ring (bicyclic) bond motifs is 3. The number of carbonyl (C=O) groups excluding carboxylic acids is 1. The number of thiophene rings is 1. The Balaban J connectivity index is 1.19. The molecular weight excluding hydrogens is 404 g/mol. The van der Waals surface area contributed by atoms with Gasteiger partial charge in [0.15, 0.2) is 0 Å². The number of nitrogens with zero attached hydrogens (tertiary/aromatic N) is 4. The van der Waals surface area contributed by atoms with Crippen molar-refractivity contribution in [3.8, 4) is 0 Å². The summed E-state index contributed by atoms with van der Waals surface area (Å²) in [5, 5.41) is 1.29. The largest absolute Gasteiger partial charge is 0.352 e. The van der Waals surface area contributed by atoms with Crippen LogP contribution >= 0.6 is 11.3 Å². The van der Waals surface area contributed by atoms with Gasteiger partial charge in [-0.1, -0.05) is 30.3 Å². The van der Waals surface area contributed by atoms with Gasteiger partial charge in [-0.05, 0) is 56.1 Å². The average Bonchev–Trinajstić information content (AvgIpc) is 3.53. The van der Waals surface area contributed by atoms with E-state index in [1.807, 2.05) is 24.3 Å².